The number of nitrogens with one attached hydrogen (secondary N) is 1. The number of hydrogen-bond acceptors (Lipinski definition) is 3. The molecule has 0 radical (unpaired) electrons. The number of methoxy groups -OCH3 is 1. The third kappa shape index (κ3) is 4.35. The van der Waals surface area contributed by atoms with Crippen LogP contribution in [0.25, 0.3) is 0 Å². The summed E-state index contributed by atoms with van der Waals surface area (Å²) in [6.45, 7) is 7.99. The standard InChI is InChI=1S/C14H20BrNO2/c1-4-6-7-16-10-11-8-12(15)14(18-5-2)13(9-11)17-3/h4,8-9,16H,1,5-7,10H2,2-3H3. The second-order valence-electron chi connectivity index (χ2n) is 3.80. The van der Waals surface area contributed by atoms with Gasteiger partial charge in [0.05, 0.1) is 18.2 Å². The van der Waals surface area contributed by atoms with Crippen LogP contribution in [0.2, 0.25) is 0 Å². The van der Waals surface area contributed by atoms with Crippen molar-refractivity contribution in [3.63, 3.8) is 0 Å². The van der Waals surface area contributed by atoms with Crippen LogP contribution in [0.5, 0.6) is 11.5 Å². The maximum absolute atomic E-state index is 5.55. The van der Waals surface area contributed by atoms with Crippen molar-refractivity contribution >= 4 is 15.9 Å². The van der Waals surface area contributed by atoms with E-state index in [1.54, 1.807) is 7.11 Å². The molecule has 100 valence electrons. The lowest BCUT2D eigenvalue weighted by atomic mass is 10.2. The van der Waals surface area contributed by atoms with Gasteiger partial charge in [-0.1, -0.05) is 6.08 Å². The van der Waals surface area contributed by atoms with Crippen LogP contribution >= 0.6 is 15.9 Å². The zero-order valence-corrected chi connectivity index (χ0v) is 12.5. The van der Waals surface area contributed by atoms with Crippen molar-refractivity contribution in [1.82, 2.24) is 5.32 Å². The highest BCUT2D eigenvalue weighted by Gasteiger charge is 2.10. The molecule has 3 nitrogen and oxygen atoms in total. The first-order valence-electron chi connectivity index (χ1n) is 6.03. The van der Waals surface area contributed by atoms with Gasteiger partial charge in [0, 0.05) is 6.54 Å². The fraction of sp³-hybridized carbons (Fsp3) is 0.429. The Morgan fingerprint density at radius 3 is 2.83 bits per heavy atom. The van der Waals surface area contributed by atoms with Gasteiger partial charge in [0.25, 0.3) is 0 Å². The van der Waals surface area contributed by atoms with E-state index >= 15 is 0 Å². The molecule has 0 heterocycles. The van der Waals surface area contributed by atoms with Gasteiger partial charge in [-0.2, -0.15) is 0 Å². The summed E-state index contributed by atoms with van der Waals surface area (Å²) >= 11 is 3.51. The Morgan fingerprint density at radius 2 is 2.22 bits per heavy atom. The highest BCUT2D eigenvalue weighted by atomic mass is 79.9. The zero-order chi connectivity index (χ0) is 13.4. The van der Waals surface area contributed by atoms with Crippen molar-refractivity contribution in [2.24, 2.45) is 0 Å². The molecule has 0 aliphatic heterocycles. The Morgan fingerprint density at radius 1 is 1.44 bits per heavy atom. The van der Waals surface area contributed by atoms with Gasteiger partial charge in [0.2, 0.25) is 0 Å². The summed E-state index contributed by atoms with van der Waals surface area (Å²) in [5.41, 5.74) is 1.16. The molecule has 0 aliphatic carbocycles. The summed E-state index contributed by atoms with van der Waals surface area (Å²) in [5.74, 6) is 1.52. The summed E-state index contributed by atoms with van der Waals surface area (Å²) < 4.78 is 11.8. The van der Waals surface area contributed by atoms with Gasteiger partial charge in [0.1, 0.15) is 0 Å². The third-order valence-electron chi connectivity index (χ3n) is 2.43. The molecule has 1 rings (SSSR count). The Hall–Kier alpha value is -1.00. The van der Waals surface area contributed by atoms with Crippen molar-refractivity contribution in [1.29, 1.82) is 0 Å². The fourth-order valence-electron chi connectivity index (χ4n) is 1.60. The first-order chi connectivity index (χ1) is 8.72. The first kappa shape index (κ1) is 15.1. The summed E-state index contributed by atoms with van der Waals surface area (Å²) in [7, 11) is 1.65. The van der Waals surface area contributed by atoms with E-state index in [0.29, 0.717) is 6.61 Å². The molecule has 0 aliphatic rings. The Kier molecular flexibility index (Phi) is 6.83. The van der Waals surface area contributed by atoms with E-state index in [1.165, 1.54) is 0 Å². The molecule has 0 aromatic heterocycles. The van der Waals surface area contributed by atoms with Crippen LogP contribution < -0.4 is 14.8 Å². The van der Waals surface area contributed by atoms with Gasteiger partial charge in [-0.3, -0.25) is 0 Å². The predicted octanol–water partition coefficient (Wildman–Crippen LogP) is 3.52. The summed E-state index contributed by atoms with van der Waals surface area (Å²) in [4.78, 5) is 0. The van der Waals surface area contributed by atoms with Gasteiger partial charge in [-0.05, 0) is 53.5 Å². The summed E-state index contributed by atoms with van der Waals surface area (Å²) in [5, 5.41) is 3.34. The molecule has 1 N–H and O–H groups in total. The number of rotatable bonds is 8. The van der Waals surface area contributed by atoms with E-state index < -0.39 is 0 Å². The lowest BCUT2D eigenvalue weighted by Gasteiger charge is -2.13. The molecule has 0 bridgehead atoms. The van der Waals surface area contributed by atoms with Crippen molar-refractivity contribution < 1.29 is 9.47 Å². The van der Waals surface area contributed by atoms with E-state index in [-0.39, 0.29) is 0 Å². The highest BCUT2D eigenvalue weighted by Crippen LogP contribution is 2.36. The van der Waals surface area contributed by atoms with Crippen molar-refractivity contribution in [2.75, 3.05) is 20.3 Å². The van der Waals surface area contributed by atoms with Crippen LogP contribution in [0, 0.1) is 0 Å². The monoisotopic (exact) mass is 313 g/mol. The van der Waals surface area contributed by atoms with E-state index in [2.05, 4.69) is 33.9 Å². The molecular weight excluding hydrogens is 294 g/mol. The largest absolute Gasteiger partial charge is 0.493 e. The van der Waals surface area contributed by atoms with Crippen LogP contribution in [-0.2, 0) is 6.54 Å². The first-order valence-corrected chi connectivity index (χ1v) is 6.83. The number of halogens is 1. The van der Waals surface area contributed by atoms with Gasteiger partial charge in [-0.25, -0.2) is 0 Å². The molecule has 18 heavy (non-hydrogen) atoms. The zero-order valence-electron chi connectivity index (χ0n) is 11.0. The molecule has 0 unspecified atom stereocenters. The number of benzene rings is 1. The highest BCUT2D eigenvalue weighted by molar-refractivity contribution is 9.10. The normalized spacial score (nSPS) is 10.2. The third-order valence-corrected chi connectivity index (χ3v) is 3.02. The Bertz CT molecular complexity index is 394. The van der Waals surface area contributed by atoms with E-state index in [0.717, 1.165) is 41.0 Å². The van der Waals surface area contributed by atoms with Crippen molar-refractivity contribution in [3.05, 3.63) is 34.8 Å². The lowest BCUT2D eigenvalue weighted by Crippen LogP contribution is -2.14. The minimum absolute atomic E-state index is 0.617. The second-order valence-corrected chi connectivity index (χ2v) is 4.65. The molecule has 0 atom stereocenters. The predicted molar refractivity (Wildman–Crippen MR) is 78.4 cm³/mol. The van der Waals surface area contributed by atoms with Crippen LogP contribution in [-0.4, -0.2) is 20.3 Å². The number of hydrogen-bond donors (Lipinski definition) is 1. The second kappa shape index (κ2) is 8.16. The quantitative estimate of drug-likeness (QED) is 0.588. The lowest BCUT2D eigenvalue weighted by molar-refractivity contribution is 0.308. The summed E-state index contributed by atoms with van der Waals surface area (Å²) in [6.07, 6.45) is 2.87. The molecule has 0 saturated carbocycles. The maximum atomic E-state index is 5.55. The van der Waals surface area contributed by atoms with Gasteiger partial charge < -0.3 is 14.8 Å². The van der Waals surface area contributed by atoms with E-state index in [1.807, 2.05) is 19.1 Å². The van der Waals surface area contributed by atoms with E-state index in [9.17, 15) is 0 Å². The number of ether oxygens (including phenoxy) is 2. The molecule has 0 saturated heterocycles. The molecule has 1 aromatic rings. The topological polar surface area (TPSA) is 30.5 Å². The molecular formula is C14H20BrNO2. The van der Waals surface area contributed by atoms with Crippen LogP contribution in [0.1, 0.15) is 18.9 Å². The molecule has 4 heteroatoms. The maximum Gasteiger partial charge on any atom is 0.175 e. The van der Waals surface area contributed by atoms with Crippen molar-refractivity contribution in [2.45, 2.75) is 19.9 Å². The smallest absolute Gasteiger partial charge is 0.175 e. The van der Waals surface area contributed by atoms with Gasteiger partial charge in [-0.15, -0.1) is 6.58 Å². The van der Waals surface area contributed by atoms with Gasteiger partial charge in [0.15, 0.2) is 11.5 Å². The van der Waals surface area contributed by atoms with Crippen LogP contribution in [0.4, 0.5) is 0 Å². The molecule has 0 spiro atoms. The van der Waals surface area contributed by atoms with Crippen LogP contribution in [0.15, 0.2) is 29.3 Å². The minimum Gasteiger partial charge on any atom is -0.493 e. The summed E-state index contributed by atoms with van der Waals surface area (Å²) in [6, 6.07) is 4.05. The fourth-order valence-corrected chi connectivity index (χ4v) is 2.20. The SMILES string of the molecule is C=CCCNCc1cc(Br)c(OCC)c(OC)c1. The van der Waals surface area contributed by atoms with Crippen LogP contribution in [0.3, 0.4) is 0 Å². The molecule has 0 amide bonds. The molecule has 1 aromatic carbocycles. The van der Waals surface area contributed by atoms with Crippen molar-refractivity contribution in [3.8, 4) is 11.5 Å². The Labute approximate surface area is 117 Å². The molecule has 0 fully saturated rings. The average molecular weight is 314 g/mol. The van der Waals surface area contributed by atoms with Gasteiger partial charge >= 0.3 is 0 Å². The minimum atomic E-state index is 0.617. The van der Waals surface area contributed by atoms with E-state index in [4.69, 9.17) is 9.47 Å². The Balaban J connectivity index is 2.75. The average Bonchev–Trinajstić information content (AvgIpc) is 2.37.